The van der Waals surface area contributed by atoms with Gasteiger partial charge in [0.15, 0.2) is 0 Å². The van der Waals surface area contributed by atoms with E-state index in [0.29, 0.717) is 24.2 Å². The number of hydrogen-bond acceptors (Lipinski definition) is 3. The van der Waals surface area contributed by atoms with Crippen molar-refractivity contribution in [3.63, 3.8) is 0 Å². The molecule has 0 aliphatic heterocycles. The average molecular weight is 304 g/mol. The van der Waals surface area contributed by atoms with Gasteiger partial charge in [-0.25, -0.2) is 13.1 Å². The van der Waals surface area contributed by atoms with Crippen LogP contribution < -0.4 is 10.5 Å². The largest absolute Gasteiger partial charge is 0.397 e. The van der Waals surface area contributed by atoms with Crippen LogP contribution in [0.25, 0.3) is 0 Å². The summed E-state index contributed by atoms with van der Waals surface area (Å²) >= 11 is 0. The van der Waals surface area contributed by atoms with Crippen molar-refractivity contribution < 1.29 is 8.42 Å². The van der Waals surface area contributed by atoms with Crippen LogP contribution in [0.5, 0.6) is 0 Å². The Morgan fingerprint density at radius 3 is 2.29 bits per heavy atom. The average Bonchev–Trinajstić information content (AvgIpc) is 2.44. The highest BCUT2D eigenvalue weighted by atomic mass is 32.2. The molecule has 5 heteroatoms. The summed E-state index contributed by atoms with van der Waals surface area (Å²) in [7, 11) is -3.59. The van der Waals surface area contributed by atoms with Gasteiger partial charge in [-0.15, -0.1) is 0 Å². The lowest BCUT2D eigenvalue weighted by molar-refractivity contribution is 0.581. The summed E-state index contributed by atoms with van der Waals surface area (Å²) in [5.41, 5.74) is 8.77. The molecular formula is C16H20N2O2S. The van der Waals surface area contributed by atoms with Crippen LogP contribution in [0.15, 0.2) is 47.4 Å². The second kappa shape index (κ2) is 6.28. The Morgan fingerprint density at radius 1 is 1.00 bits per heavy atom. The van der Waals surface area contributed by atoms with Gasteiger partial charge < -0.3 is 5.73 Å². The zero-order chi connectivity index (χ0) is 15.5. The van der Waals surface area contributed by atoms with E-state index >= 15 is 0 Å². The van der Waals surface area contributed by atoms with Gasteiger partial charge >= 0.3 is 0 Å². The SMILES string of the molecule is Cc1ccc(C)c(S(=O)(=O)NCCc2ccccc2)c1N. The van der Waals surface area contributed by atoms with Gasteiger partial charge in [0.05, 0.1) is 5.69 Å². The van der Waals surface area contributed by atoms with E-state index in [4.69, 9.17) is 5.73 Å². The Hall–Kier alpha value is -1.85. The second-order valence-electron chi connectivity index (χ2n) is 5.08. The van der Waals surface area contributed by atoms with Crippen molar-refractivity contribution in [1.82, 2.24) is 4.72 Å². The number of nitrogens with two attached hydrogens (primary N) is 1. The fraction of sp³-hybridized carbons (Fsp3) is 0.250. The van der Waals surface area contributed by atoms with E-state index in [1.54, 1.807) is 19.9 Å². The van der Waals surface area contributed by atoms with Crippen LogP contribution in [0, 0.1) is 13.8 Å². The minimum Gasteiger partial charge on any atom is -0.397 e. The predicted molar refractivity (Wildman–Crippen MR) is 85.7 cm³/mol. The Balaban J connectivity index is 2.14. The lowest BCUT2D eigenvalue weighted by Gasteiger charge is -2.13. The summed E-state index contributed by atoms with van der Waals surface area (Å²) in [5, 5.41) is 0. The maximum Gasteiger partial charge on any atom is 0.242 e. The lowest BCUT2D eigenvalue weighted by Crippen LogP contribution is -2.27. The molecule has 2 aromatic carbocycles. The summed E-state index contributed by atoms with van der Waals surface area (Å²) in [6.45, 7) is 3.90. The van der Waals surface area contributed by atoms with Gasteiger partial charge in [0, 0.05) is 6.54 Å². The van der Waals surface area contributed by atoms with Crippen molar-refractivity contribution in [2.45, 2.75) is 25.2 Å². The van der Waals surface area contributed by atoms with Crippen molar-refractivity contribution in [1.29, 1.82) is 0 Å². The van der Waals surface area contributed by atoms with Crippen molar-refractivity contribution >= 4 is 15.7 Å². The molecule has 0 aliphatic rings. The molecule has 0 amide bonds. The third kappa shape index (κ3) is 3.62. The van der Waals surface area contributed by atoms with Gasteiger partial charge in [0.1, 0.15) is 4.90 Å². The van der Waals surface area contributed by atoms with Crippen molar-refractivity contribution in [2.75, 3.05) is 12.3 Å². The van der Waals surface area contributed by atoms with Crippen LogP contribution in [0.3, 0.4) is 0 Å². The molecule has 0 spiro atoms. The zero-order valence-corrected chi connectivity index (χ0v) is 13.1. The Bertz CT molecular complexity index is 725. The molecule has 4 nitrogen and oxygen atoms in total. The highest BCUT2D eigenvalue weighted by Gasteiger charge is 2.20. The number of nitrogens with one attached hydrogen (secondary N) is 1. The lowest BCUT2D eigenvalue weighted by atomic mass is 10.1. The normalized spacial score (nSPS) is 11.5. The molecule has 0 aliphatic carbocycles. The van der Waals surface area contributed by atoms with E-state index in [-0.39, 0.29) is 4.90 Å². The van der Waals surface area contributed by atoms with E-state index in [2.05, 4.69) is 4.72 Å². The molecule has 0 aromatic heterocycles. The summed E-state index contributed by atoms with van der Waals surface area (Å²) in [4.78, 5) is 0.190. The number of nitrogen functional groups attached to an aromatic ring is 1. The Morgan fingerprint density at radius 2 is 1.62 bits per heavy atom. The van der Waals surface area contributed by atoms with Crippen molar-refractivity contribution in [3.05, 3.63) is 59.2 Å². The first-order valence-corrected chi connectivity index (χ1v) is 8.29. The van der Waals surface area contributed by atoms with E-state index in [9.17, 15) is 8.42 Å². The van der Waals surface area contributed by atoms with Crippen LogP contribution in [-0.4, -0.2) is 15.0 Å². The topological polar surface area (TPSA) is 72.2 Å². The maximum absolute atomic E-state index is 12.4. The minimum atomic E-state index is -3.59. The fourth-order valence-electron chi connectivity index (χ4n) is 2.21. The molecule has 0 atom stereocenters. The standard InChI is InChI=1S/C16H20N2O2S/c1-12-8-9-13(2)16(15(12)17)21(19,20)18-11-10-14-6-4-3-5-7-14/h3-9,18H,10-11,17H2,1-2H3. The molecule has 0 radical (unpaired) electrons. The van der Waals surface area contributed by atoms with E-state index in [1.165, 1.54) is 0 Å². The minimum absolute atomic E-state index is 0.190. The van der Waals surface area contributed by atoms with Crippen LogP contribution in [0.2, 0.25) is 0 Å². The van der Waals surface area contributed by atoms with E-state index < -0.39 is 10.0 Å². The van der Waals surface area contributed by atoms with Gasteiger partial charge in [-0.05, 0) is 37.0 Å². The van der Waals surface area contributed by atoms with Gasteiger partial charge in [-0.3, -0.25) is 0 Å². The summed E-state index contributed by atoms with van der Waals surface area (Å²) < 4.78 is 27.5. The molecule has 0 heterocycles. The second-order valence-corrected chi connectivity index (χ2v) is 6.78. The van der Waals surface area contributed by atoms with Gasteiger partial charge in [-0.1, -0.05) is 42.5 Å². The molecule has 2 rings (SSSR count). The van der Waals surface area contributed by atoms with Crippen LogP contribution in [0.1, 0.15) is 16.7 Å². The summed E-state index contributed by atoms with van der Waals surface area (Å²) in [6.07, 6.45) is 0.644. The summed E-state index contributed by atoms with van der Waals surface area (Å²) in [5.74, 6) is 0. The first-order chi connectivity index (χ1) is 9.92. The number of rotatable bonds is 5. The molecule has 0 unspecified atom stereocenters. The molecule has 0 fully saturated rings. The molecule has 0 bridgehead atoms. The number of benzene rings is 2. The Labute approximate surface area is 126 Å². The van der Waals surface area contributed by atoms with Gasteiger partial charge in [0.2, 0.25) is 10.0 Å². The van der Waals surface area contributed by atoms with E-state index in [1.807, 2.05) is 36.4 Å². The molecular weight excluding hydrogens is 284 g/mol. The molecule has 2 aromatic rings. The van der Waals surface area contributed by atoms with Crippen LogP contribution in [0.4, 0.5) is 5.69 Å². The first kappa shape index (κ1) is 15.5. The highest BCUT2D eigenvalue weighted by Crippen LogP contribution is 2.25. The first-order valence-electron chi connectivity index (χ1n) is 6.81. The number of hydrogen-bond donors (Lipinski definition) is 2. The zero-order valence-electron chi connectivity index (χ0n) is 12.3. The number of aryl methyl sites for hydroxylation is 2. The molecule has 112 valence electrons. The third-order valence-electron chi connectivity index (χ3n) is 3.43. The monoisotopic (exact) mass is 304 g/mol. The third-order valence-corrected chi connectivity index (χ3v) is 5.09. The summed E-state index contributed by atoms with van der Waals surface area (Å²) in [6, 6.07) is 13.4. The Kier molecular flexibility index (Phi) is 4.65. The molecule has 21 heavy (non-hydrogen) atoms. The number of anilines is 1. The molecule has 0 saturated carbocycles. The van der Waals surface area contributed by atoms with Crippen molar-refractivity contribution in [3.8, 4) is 0 Å². The molecule has 0 saturated heterocycles. The molecule has 3 N–H and O–H groups in total. The predicted octanol–water partition coefficient (Wildman–Crippen LogP) is 2.41. The fourth-order valence-corrected chi connectivity index (χ4v) is 3.67. The maximum atomic E-state index is 12.4. The van der Waals surface area contributed by atoms with E-state index in [0.717, 1.165) is 11.1 Å². The van der Waals surface area contributed by atoms with Gasteiger partial charge in [-0.2, -0.15) is 0 Å². The quantitative estimate of drug-likeness (QED) is 0.833. The van der Waals surface area contributed by atoms with Crippen LogP contribution >= 0.6 is 0 Å². The van der Waals surface area contributed by atoms with Crippen molar-refractivity contribution in [2.24, 2.45) is 0 Å². The van der Waals surface area contributed by atoms with Gasteiger partial charge in [0.25, 0.3) is 0 Å². The number of sulfonamides is 1. The van der Waals surface area contributed by atoms with Crippen LogP contribution in [-0.2, 0) is 16.4 Å². The highest BCUT2D eigenvalue weighted by molar-refractivity contribution is 7.89. The smallest absolute Gasteiger partial charge is 0.242 e.